The summed E-state index contributed by atoms with van der Waals surface area (Å²) in [6.07, 6.45) is 1.52. The van der Waals surface area contributed by atoms with Crippen molar-refractivity contribution in [3.63, 3.8) is 0 Å². The molecule has 0 spiro atoms. The van der Waals surface area contributed by atoms with Gasteiger partial charge in [-0.3, -0.25) is 14.4 Å². The zero-order valence-electron chi connectivity index (χ0n) is 17.3. The Hall–Kier alpha value is -4.13. The van der Waals surface area contributed by atoms with E-state index < -0.39 is 24.4 Å². The molecule has 162 valence electrons. The van der Waals surface area contributed by atoms with Crippen LogP contribution in [0, 0.1) is 0 Å². The Morgan fingerprint density at radius 2 is 1.69 bits per heavy atom. The SMILES string of the molecule is NC(=O)CCN(C(=O)COC(=O)Cc1coc2ccc3ccccc3c12)c1ccccc1. The molecule has 0 aliphatic heterocycles. The number of anilines is 1. The highest BCUT2D eigenvalue weighted by Gasteiger charge is 2.19. The fourth-order valence-corrected chi connectivity index (χ4v) is 3.66. The molecule has 32 heavy (non-hydrogen) atoms. The lowest BCUT2D eigenvalue weighted by molar-refractivity contribution is -0.147. The van der Waals surface area contributed by atoms with Crippen LogP contribution in [0.3, 0.4) is 0 Å². The van der Waals surface area contributed by atoms with Crippen molar-refractivity contribution in [3.05, 3.63) is 78.6 Å². The maximum atomic E-state index is 12.7. The third kappa shape index (κ3) is 4.62. The van der Waals surface area contributed by atoms with Crippen molar-refractivity contribution >= 4 is 45.2 Å². The lowest BCUT2D eigenvalue weighted by Gasteiger charge is -2.22. The van der Waals surface area contributed by atoms with Crippen LogP contribution in [-0.2, 0) is 25.5 Å². The van der Waals surface area contributed by atoms with Crippen molar-refractivity contribution in [1.29, 1.82) is 0 Å². The highest BCUT2D eigenvalue weighted by molar-refractivity contribution is 6.08. The number of fused-ring (bicyclic) bond motifs is 3. The van der Waals surface area contributed by atoms with Crippen LogP contribution in [0.1, 0.15) is 12.0 Å². The lowest BCUT2D eigenvalue weighted by atomic mass is 10.0. The number of esters is 1. The molecular weight excluding hydrogens is 408 g/mol. The second-order valence-electron chi connectivity index (χ2n) is 7.36. The van der Waals surface area contributed by atoms with Crippen molar-refractivity contribution in [1.82, 2.24) is 0 Å². The first kappa shape index (κ1) is 21.1. The molecule has 4 rings (SSSR count). The largest absolute Gasteiger partial charge is 0.464 e. The number of carbonyl (C=O) groups excluding carboxylic acids is 3. The summed E-state index contributed by atoms with van der Waals surface area (Å²) in [6.45, 7) is -0.336. The van der Waals surface area contributed by atoms with Gasteiger partial charge in [0, 0.05) is 29.6 Å². The minimum absolute atomic E-state index is 0.00264. The Morgan fingerprint density at radius 1 is 0.938 bits per heavy atom. The van der Waals surface area contributed by atoms with Gasteiger partial charge in [0.05, 0.1) is 12.7 Å². The summed E-state index contributed by atoms with van der Waals surface area (Å²) >= 11 is 0. The van der Waals surface area contributed by atoms with Crippen LogP contribution in [0.4, 0.5) is 5.69 Å². The van der Waals surface area contributed by atoms with Gasteiger partial charge in [0.25, 0.3) is 5.91 Å². The lowest BCUT2D eigenvalue weighted by Crippen LogP contribution is -2.37. The predicted octanol–water partition coefficient (Wildman–Crippen LogP) is 3.58. The molecule has 0 unspecified atom stereocenters. The van der Waals surface area contributed by atoms with E-state index in [1.807, 2.05) is 42.5 Å². The smallest absolute Gasteiger partial charge is 0.310 e. The predicted molar refractivity (Wildman–Crippen MR) is 121 cm³/mol. The number of nitrogens with two attached hydrogens (primary N) is 1. The number of carbonyl (C=O) groups is 3. The summed E-state index contributed by atoms with van der Waals surface area (Å²) in [5, 5.41) is 2.89. The monoisotopic (exact) mass is 430 g/mol. The van der Waals surface area contributed by atoms with Crippen LogP contribution in [-0.4, -0.2) is 30.9 Å². The van der Waals surface area contributed by atoms with Gasteiger partial charge in [-0.25, -0.2) is 0 Å². The summed E-state index contributed by atoms with van der Waals surface area (Å²) < 4.78 is 10.9. The number of rotatable bonds is 8. The van der Waals surface area contributed by atoms with Gasteiger partial charge >= 0.3 is 5.97 Å². The van der Waals surface area contributed by atoms with Gasteiger partial charge in [-0.1, -0.05) is 48.5 Å². The van der Waals surface area contributed by atoms with Crippen LogP contribution in [0.25, 0.3) is 21.7 Å². The molecule has 0 saturated carbocycles. The van der Waals surface area contributed by atoms with Crippen LogP contribution in [0.2, 0.25) is 0 Å². The quantitative estimate of drug-likeness (QED) is 0.431. The molecule has 0 atom stereocenters. The van der Waals surface area contributed by atoms with E-state index >= 15 is 0 Å². The highest BCUT2D eigenvalue weighted by Crippen LogP contribution is 2.30. The molecule has 2 amide bonds. The van der Waals surface area contributed by atoms with E-state index in [9.17, 15) is 14.4 Å². The summed E-state index contributed by atoms with van der Waals surface area (Å²) in [5.41, 5.74) is 7.21. The van der Waals surface area contributed by atoms with Gasteiger partial charge in [0.15, 0.2) is 6.61 Å². The number of hydrogen-bond donors (Lipinski definition) is 1. The van der Waals surface area contributed by atoms with Crippen molar-refractivity contribution in [2.75, 3.05) is 18.1 Å². The minimum Gasteiger partial charge on any atom is -0.464 e. The number of furan rings is 1. The topological polar surface area (TPSA) is 103 Å². The molecule has 1 heterocycles. The van der Waals surface area contributed by atoms with Crippen molar-refractivity contribution in [2.24, 2.45) is 5.73 Å². The average molecular weight is 430 g/mol. The summed E-state index contributed by atoms with van der Waals surface area (Å²) in [6, 6.07) is 20.5. The molecule has 4 aromatic rings. The van der Waals surface area contributed by atoms with Crippen molar-refractivity contribution < 1.29 is 23.5 Å². The number of para-hydroxylation sites is 1. The van der Waals surface area contributed by atoms with Gasteiger partial charge in [-0.15, -0.1) is 0 Å². The third-order valence-electron chi connectivity index (χ3n) is 5.18. The molecule has 0 aliphatic carbocycles. The summed E-state index contributed by atoms with van der Waals surface area (Å²) in [4.78, 5) is 37.8. The van der Waals surface area contributed by atoms with Crippen LogP contribution >= 0.6 is 0 Å². The van der Waals surface area contributed by atoms with Gasteiger partial charge in [-0.2, -0.15) is 0 Å². The van der Waals surface area contributed by atoms with Gasteiger partial charge in [0.1, 0.15) is 5.58 Å². The number of benzene rings is 3. The minimum atomic E-state index is -0.545. The first-order chi connectivity index (χ1) is 15.5. The molecule has 2 N–H and O–H groups in total. The average Bonchev–Trinajstić information content (AvgIpc) is 3.21. The van der Waals surface area contributed by atoms with Gasteiger partial charge < -0.3 is 19.8 Å². The maximum Gasteiger partial charge on any atom is 0.310 e. The molecule has 0 fully saturated rings. The zero-order valence-corrected chi connectivity index (χ0v) is 17.3. The highest BCUT2D eigenvalue weighted by atomic mass is 16.5. The maximum absolute atomic E-state index is 12.7. The number of nitrogens with zero attached hydrogens (tertiary/aromatic N) is 1. The Morgan fingerprint density at radius 3 is 2.47 bits per heavy atom. The first-order valence-electron chi connectivity index (χ1n) is 10.2. The van der Waals surface area contributed by atoms with Crippen LogP contribution in [0.15, 0.2) is 77.4 Å². The van der Waals surface area contributed by atoms with Crippen LogP contribution < -0.4 is 10.6 Å². The fraction of sp³-hybridized carbons (Fsp3) is 0.160. The Kier molecular flexibility index (Phi) is 6.17. The molecule has 0 saturated heterocycles. The molecule has 0 bridgehead atoms. The van der Waals surface area contributed by atoms with Crippen LogP contribution in [0.5, 0.6) is 0 Å². The van der Waals surface area contributed by atoms with E-state index in [1.165, 1.54) is 4.90 Å². The third-order valence-corrected chi connectivity index (χ3v) is 5.18. The molecular formula is C25H22N2O5. The number of primary amides is 1. The molecule has 0 aliphatic rings. The first-order valence-corrected chi connectivity index (χ1v) is 10.2. The molecule has 0 radical (unpaired) electrons. The van der Waals surface area contributed by atoms with E-state index in [-0.39, 0.29) is 19.4 Å². The summed E-state index contributed by atoms with van der Waals surface area (Å²) in [7, 11) is 0. The number of amides is 2. The molecule has 7 nitrogen and oxygen atoms in total. The van der Waals surface area contributed by atoms with Crippen molar-refractivity contribution in [2.45, 2.75) is 12.8 Å². The van der Waals surface area contributed by atoms with Crippen molar-refractivity contribution in [3.8, 4) is 0 Å². The van der Waals surface area contributed by atoms with E-state index in [0.717, 1.165) is 16.2 Å². The fourth-order valence-electron chi connectivity index (χ4n) is 3.66. The Balaban J connectivity index is 1.45. The number of ether oxygens (including phenoxy) is 1. The van der Waals surface area contributed by atoms with Gasteiger partial charge in [-0.05, 0) is 29.0 Å². The second-order valence-corrected chi connectivity index (χ2v) is 7.36. The Bertz CT molecular complexity index is 1280. The van der Waals surface area contributed by atoms with E-state index in [1.54, 1.807) is 30.5 Å². The number of hydrogen-bond acceptors (Lipinski definition) is 5. The van der Waals surface area contributed by atoms with E-state index in [2.05, 4.69) is 0 Å². The van der Waals surface area contributed by atoms with Gasteiger partial charge in [0.2, 0.25) is 5.91 Å². The zero-order chi connectivity index (χ0) is 22.5. The Labute approximate surface area is 184 Å². The van der Waals surface area contributed by atoms with E-state index in [0.29, 0.717) is 16.8 Å². The van der Waals surface area contributed by atoms with E-state index in [4.69, 9.17) is 14.9 Å². The second kappa shape index (κ2) is 9.34. The molecule has 1 aromatic heterocycles. The normalized spacial score (nSPS) is 10.9. The standard InChI is InChI=1S/C25H22N2O5/c26-22(28)12-13-27(19-7-2-1-3-8-19)23(29)16-32-24(30)14-18-15-31-21-11-10-17-6-4-5-9-20(17)25(18)21/h1-11,15H,12-14,16H2,(H2,26,28). The summed E-state index contributed by atoms with van der Waals surface area (Å²) in [5.74, 6) is -1.50. The molecule has 7 heteroatoms. The molecule has 3 aromatic carbocycles.